The zero-order chi connectivity index (χ0) is 16.6. The molecule has 0 aliphatic rings. The van der Waals surface area contributed by atoms with E-state index in [0.29, 0.717) is 0 Å². The number of carbonyl (C=O) groups excluding carboxylic acids is 1. The van der Waals surface area contributed by atoms with E-state index in [-0.39, 0.29) is 12.5 Å². The Labute approximate surface area is 136 Å². The minimum Gasteiger partial charge on any atom is -0.394 e. The van der Waals surface area contributed by atoms with Crippen LogP contribution in [0.1, 0.15) is 78.1 Å². The number of aliphatic hydroxyl groups excluding tert-OH is 2. The Balaban J connectivity index is 3.54. The molecule has 0 aromatic carbocycles. The minimum atomic E-state index is -0.826. The second-order valence-electron chi connectivity index (χ2n) is 6.03. The van der Waals surface area contributed by atoms with Gasteiger partial charge in [0.1, 0.15) is 0 Å². The highest BCUT2D eigenvalue weighted by atomic mass is 16.3. The summed E-state index contributed by atoms with van der Waals surface area (Å²) in [6.07, 6.45) is 15.4. The van der Waals surface area contributed by atoms with Crippen molar-refractivity contribution in [3.8, 4) is 0 Å². The zero-order valence-electron chi connectivity index (χ0n) is 14.4. The van der Waals surface area contributed by atoms with Gasteiger partial charge in [0.25, 0.3) is 0 Å². The Bertz CT molecular complexity index is 292. The monoisotopic (exact) mass is 313 g/mol. The minimum absolute atomic E-state index is 0.245. The van der Waals surface area contributed by atoms with Crippen LogP contribution in [0.4, 0.5) is 0 Å². The van der Waals surface area contributed by atoms with Gasteiger partial charge < -0.3 is 15.5 Å². The quantitative estimate of drug-likeness (QED) is 0.340. The third-order valence-electron chi connectivity index (χ3n) is 3.81. The van der Waals surface area contributed by atoms with Gasteiger partial charge in [-0.25, -0.2) is 0 Å². The molecule has 0 saturated heterocycles. The number of hydrogen-bond donors (Lipinski definition) is 3. The lowest BCUT2D eigenvalue weighted by atomic mass is 10.1. The lowest BCUT2D eigenvalue weighted by Crippen LogP contribution is -2.44. The maximum atomic E-state index is 10.9. The highest BCUT2D eigenvalue weighted by Crippen LogP contribution is 2.10. The Hall–Kier alpha value is -0.870. The highest BCUT2D eigenvalue weighted by molar-refractivity contribution is 5.73. The third-order valence-corrected chi connectivity index (χ3v) is 3.81. The number of unbranched alkanes of at least 4 members (excludes halogenated alkanes) is 9. The zero-order valence-corrected chi connectivity index (χ0v) is 14.4. The predicted octanol–water partition coefficient (Wildman–Crippen LogP) is 3.32. The summed E-state index contributed by atoms with van der Waals surface area (Å²) >= 11 is 0. The van der Waals surface area contributed by atoms with Crippen LogP contribution in [0, 0.1) is 0 Å². The molecular weight excluding hydrogens is 278 g/mol. The van der Waals surface area contributed by atoms with Gasteiger partial charge in [0.15, 0.2) is 0 Å². The molecule has 1 amide bonds. The summed E-state index contributed by atoms with van der Waals surface area (Å²) in [7, 11) is 0. The average Bonchev–Trinajstić information content (AvgIpc) is 2.49. The number of amides is 1. The number of aliphatic hydroxyl groups is 2. The van der Waals surface area contributed by atoms with Crippen molar-refractivity contribution in [2.24, 2.45) is 0 Å². The molecule has 0 aliphatic carbocycles. The Kier molecular flexibility index (Phi) is 14.4. The molecule has 0 spiro atoms. The van der Waals surface area contributed by atoms with Crippen molar-refractivity contribution in [3.05, 3.63) is 12.2 Å². The number of rotatable bonds is 14. The van der Waals surface area contributed by atoms with E-state index < -0.39 is 12.1 Å². The molecule has 0 aliphatic heterocycles. The van der Waals surface area contributed by atoms with Gasteiger partial charge >= 0.3 is 0 Å². The van der Waals surface area contributed by atoms with Crippen LogP contribution in [0.2, 0.25) is 0 Å². The Morgan fingerprint density at radius 2 is 1.59 bits per heavy atom. The van der Waals surface area contributed by atoms with Crippen molar-refractivity contribution >= 4 is 5.91 Å². The van der Waals surface area contributed by atoms with Crippen LogP contribution in [-0.2, 0) is 4.79 Å². The van der Waals surface area contributed by atoms with E-state index in [1.807, 2.05) is 6.08 Å². The van der Waals surface area contributed by atoms with E-state index in [2.05, 4.69) is 12.2 Å². The van der Waals surface area contributed by atoms with E-state index >= 15 is 0 Å². The highest BCUT2D eigenvalue weighted by Gasteiger charge is 2.15. The van der Waals surface area contributed by atoms with Crippen molar-refractivity contribution < 1.29 is 15.0 Å². The summed E-state index contributed by atoms with van der Waals surface area (Å²) in [5.41, 5.74) is 0. The first-order chi connectivity index (χ1) is 10.6. The van der Waals surface area contributed by atoms with Crippen molar-refractivity contribution in [2.75, 3.05) is 6.61 Å². The summed E-state index contributed by atoms with van der Waals surface area (Å²) in [5.74, 6) is -0.245. The van der Waals surface area contributed by atoms with Crippen LogP contribution in [0.5, 0.6) is 0 Å². The molecule has 0 rings (SSSR count). The molecular formula is C18H35NO3. The van der Waals surface area contributed by atoms with Gasteiger partial charge in [0, 0.05) is 6.92 Å². The van der Waals surface area contributed by atoms with Crippen molar-refractivity contribution in [2.45, 2.75) is 90.2 Å². The fourth-order valence-corrected chi connectivity index (χ4v) is 2.44. The van der Waals surface area contributed by atoms with Crippen molar-refractivity contribution in [1.82, 2.24) is 5.32 Å². The molecule has 0 radical (unpaired) electrons. The first-order valence-corrected chi connectivity index (χ1v) is 8.84. The molecule has 0 aromatic rings. The molecule has 4 nitrogen and oxygen atoms in total. The number of allylic oxidation sites excluding steroid dienone is 1. The molecule has 22 heavy (non-hydrogen) atoms. The molecule has 4 heteroatoms. The smallest absolute Gasteiger partial charge is 0.217 e. The second kappa shape index (κ2) is 15.0. The molecule has 0 saturated carbocycles. The van der Waals surface area contributed by atoms with Crippen molar-refractivity contribution in [1.29, 1.82) is 0 Å². The molecule has 0 fully saturated rings. The van der Waals surface area contributed by atoms with Gasteiger partial charge in [-0.1, -0.05) is 70.4 Å². The summed E-state index contributed by atoms with van der Waals surface area (Å²) in [4.78, 5) is 10.9. The summed E-state index contributed by atoms with van der Waals surface area (Å²) in [6, 6.07) is -0.614. The normalized spacial score (nSPS) is 14.2. The van der Waals surface area contributed by atoms with Gasteiger partial charge in [0.05, 0.1) is 18.8 Å². The lowest BCUT2D eigenvalue weighted by Gasteiger charge is -2.18. The average molecular weight is 313 g/mol. The fourth-order valence-electron chi connectivity index (χ4n) is 2.44. The molecule has 0 unspecified atom stereocenters. The maximum absolute atomic E-state index is 10.9. The topological polar surface area (TPSA) is 69.6 Å². The van der Waals surface area contributed by atoms with Gasteiger partial charge in [-0.2, -0.15) is 0 Å². The van der Waals surface area contributed by atoms with Gasteiger partial charge in [0.2, 0.25) is 5.91 Å². The van der Waals surface area contributed by atoms with E-state index in [1.54, 1.807) is 6.08 Å². The second-order valence-corrected chi connectivity index (χ2v) is 6.03. The van der Waals surface area contributed by atoms with Crippen LogP contribution in [-0.4, -0.2) is 34.9 Å². The maximum Gasteiger partial charge on any atom is 0.217 e. The standard InChI is InChI=1S/C18H35NO3/c1-3-4-5-6-7-8-9-10-11-12-13-14-18(22)17(15-20)19-16(2)21/h13-14,17-18,20,22H,3-12,15H2,1-2H3,(H,19,21)/b14-13+/t17-,18+/m1/s1. The van der Waals surface area contributed by atoms with Crippen LogP contribution < -0.4 is 5.32 Å². The van der Waals surface area contributed by atoms with E-state index in [9.17, 15) is 9.90 Å². The SMILES string of the molecule is CCCCCCCCCCC/C=C/[C@H](O)[C@@H](CO)NC(C)=O. The van der Waals surface area contributed by atoms with Crippen LogP contribution in [0.3, 0.4) is 0 Å². The Morgan fingerprint density at radius 3 is 2.09 bits per heavy atom. The van der Waals surface area contributed by atoms with E-state index in [1.165, 1.54) is 58.3 Å². The van der Waals surface area contributed by atoms with Gasteiger partial charge in [-0.05, 0) is 12.8 Å². The predicted molar refractivity (Wildman–Crippen MR) is 91.7 cm³/mol. The Morgan fingerprint density at radius 1 is 1.05 bits per heavy atom. The first kappa shape index (κ1) is 21.1. The van der Waals surface area contributed by atoms with E-state index in [0.717, 1.165) is 12.8 Å². The van der Waals surface area contributed by atoms with E-state index in [4.69, 9.17) is 5.11 Å². The first-order valence-electron chi connectivity index (χ1n) is 8.84. The summed E-state index contributed by atoms with van der Waals surface area (Å²) in [6.45, 7) is 3.36. The number of carbonyl (C=O) groups is 1. The summed E-state index contributed by atoms with van der Waals surface area (Å²) in [5, 5.41) is 21.5. The largest absolute Gasteiger partial charge is 0.394 e. The van der Waals surface area contributed by atoms with Crippen LogP contribution in [0.15, 0.2) is 12.2 Å². The number of hydrogen-bond acceptors (Lipinski definition) is 3. The molecule has 0 aromatic heterocycles. The molecule has 0 bridgehead atoms. The van der Waals surface area contributed by atoms with Crippen LogP contribution in [0.25, 0.3) is 0 Å². The third kappa shape index (κ3) is 12.8. The lowest BCUT2D eigenvalue weighted by molar-refractivity contribution is -0.120. The fraction of sp³-hybridized carbons (Fsp3) is 0.833. The number of nitrogens with one attached hydrogen (secondary N) is 1. The molecule has 3 N–H and O–H groups in total. The summed E-state index contributed by atoms with van der Waals surface area (Å²) < 4.78 is 0. The van der Waals surface area contributed by atoms with Gasteiger partial charge in [-0.15, -0.1) is 0 Å². The molecule has 130 valence electrons. The van der Waals surface area contributed by atoms with Crippen LogP contribution >= 0.6 is 0 Å². The molecule has 0 heterocycles. The van der Waals surface area contributed by atoms with Gasteiger partial charge in [-0.3, -0.25) is 4.79 Å². The molecule has 2 atom stereocenters. The van der Waals surface area contributed by atoms with Crippen molar-refractivity contribution in [3.63, 3.8) is 0 Å².